The van der Waals surface area contributed by atoms with E-state index >= 15 is 0 Å². The molecule has 1 aliphatic rings. The summed E-state index contributed by atoms with van der Waals surface area (Å²) in [5.74, 6) is 1.47. The Hall–Kier alpha value is -3.08. The summed E-state index contributed by atoms with van der Waals surface area (Å²) in [5.41, 5.74) is -0.286. The summed E-state index contributed by atoms with van der Waals surface area (Å²) in [5, 5.41) is 18.8. The zero-order chi connectivity index (χ0) is 17.9. The van der Waals surface area contributed by atoms with Crippen LogP contribution < -0.4 is 14.8 Å². The van der Waals surface area contributed by atoms with Crippen molar-refractivity contribution in [1.82, 2.24) is 15.2 Å². The predicted molar refractivity (Wildman–Crippen MR) is 90.1 cm³/mol. The van der Waals surface area contributed by atoms with E-state index in [1.165, 1.54) is 0 Å². The highest BCUT2D eigenvalue weighted by molar-refractivity contribution is 5.96. The van der Waals surface area contributed by atoms with Gasteiger partial charge in [0.2, 0.25) is 11.9 Å². The molecule has 8 nitrogen and oxygen atoms in total. The fourth-order valence-corrected chi connectivity index (χ4v) is 3.02. The number of H-pyrrole nitrogens is 1. The first-order valence-electron chi connectivity index (χ1n) is 7.99. The van der Waals surface area contributed by atoms with Crippen molar-refractivity contribution in [3.05, 3.63) is 18.2 Å². The van der Waals surface area contributed by atoms with Crippen LogP contribution in [0.15, 0.2) is 18.2 Å². The highest BCUT2D eigenvalue weighted by atomic mass is 16.5. The van der Waals surface area contributed by atoms with Gasteiger partial charge in [-0.1, -0.05) is 12.8 Å². The highest BCUT2D eigenvalue weighted by Crippen LogP contribution is 2.38. The number of anilines is 1. The Morgan fingerprint density at radius 1 is 1.32 bits per heavy atom. The maximum atomic E-state index is 12.5. The number of carbonyl (C=O) groups excluding carboxylic acids is 1. The number of nitrogens with zero attached hydrogens (tertiary/aromatic N) is 3. The van der Waals surface area contributed by atoms with E-state index in [-0.39, 0.29) is 11.9 Å². The molecule has 2 aromatic rings. The Kier molecular flexibility index (Phi) is 4.57. The van der Waals surface area contributed by atoms with Crippen molar-refractivity contribution in [3.8, 4) is 29.0 Å². The minimum Gasteiger partial charge on any atom is -0.497 e. The van der Waals surface area contributed by atoms with Crippen LogP contribution in [0, 0.1) is 16.7 Å². The molecule has 1 amide bonds. The molecule has 1 saturated carbocycles. The normalized spacial score (nSPS) is 15.4. The summed E-state index contributed by atoms with van der Waals surface area (Å²) in [4.78, 5) is 16.7. The number of carbonyl (C=O) groups is 1. The number of aromatic nitrogens is 3. The SMILES string of the molecule is COc1ccc(-c2nc(NC(=O)C3(C#N)CCCC3)n[nH]2)c(OC)c1. The Morgan fingerprint density at radius 3 is 2.72 bits per heavy atom. The summed E-state index contributed by atoms with van der Waals surface area (Å²) in [6, 6.07) is 7.46. The van der Waals surface area contributed by atoms with Crippen molar-refractivity contribution in [3.63, 3.8) is 0 Å². The standard InChI is InChI=1S/C17H19N5O3/c1-24-11-5-6-12(13(9-11)25-2)14-19-16(22-21-14)20-15(23)17(10-18)7-3-4-8-17/h5-6,9H,3-4,7-8H2,1-2H3,(H2,19,20,21,22,23). The van der Waals surface area contributed by atoms with Gasteiger partial charge in [-0.25, -0.2) is 0 Å². The van der Waals surface area contributed by atoms with Crippen molar-refractivity contribution < 1.29 is 14.3 Å². The van der Waals surface area contributed by atoms with Crippen LogP contribution in [0.3, 0.4) is 0 Å². The smallest absolute Gasteiger partial charge is 0.249 e. The number of methoxy groups -OCH3 is 2. The van der Waals surface area contributed by atoms with Crippen molar-refractivity contribution in [2.75, 3.05) is 19.5 Å². The van der Waals surface area contributed by atoms with Crippen LogP contribution in [0.4, 0.5) is 5.95 Å². The molecule has 130 valence electrons. The average molecular weight is 341 g/mol. The van der Waals surface area contributed by atoms with Crippen molar-refractivity contribution in [1.29, 1.82) is 5.26 Å². The first-order valence-corrected chi connectivity index (χ1v) is 7.99. The Balaban J connectivity index is 1.81. The molecule has 1 aromatic carbocycles. The lowest BCUT2D eigenvalue weighted by molar-refractivity contribution is -0.122. The van der Waals surface area contributed by atoms with Gasteiger partial charge in [0.15, 0.2) is 5.82 Å². The van der Waals surface area contributed by atoms with E-state index in [1.54, 1.807) is 32.4 Å². The maximum absolute atomic E-state index is 12.5. The molecule has 25 heavy (non-hydrogen) atoms. The molecule has 1 aromatic heterocycles. The summed E-state index contributed by atoms with van der Waals surface area (Å²) in [6.45, 7) is 0. The van der Waals surface area contributed by atoms with E-state index < -0.39 is 5.41 Å². The Labute approximate surface area is 145 Å². The van der Waals surface area contributed by atoms with Gasteiger partial charge in [0.05, 0.1) is 25.9 Å². The van der Waals surface area contributed by atoms with Crippen molar-refractivity contribution >= 4 is 11.9 Å². The number of benzene rings is 1. The minimum absolute atomic E-state index is 0.138. The largest absolute Gasteiger partial charge is 0.497 e. The number of hydrogen-bond donors (Lipinski definition) is 2. The molecule has 0 spiro atoms. The third-order valence-corrected chi connectivity index (χ3v) is 4.48. The fourth-order valence-electron chi connectivity index (χ4n) is 3.02. The van der Waals surface area contributed by atoms with E-state index in [0.717, 1.165) is 12.8 Å². The second-order valence-corrected chi connectivity index (χ2v) is 5.93. The number of hydrogen-bond acceptors (Lipinski definition) is 6. The second-order valence-electron chi connectivity index (χ2n) is 5.93. The molecule has 0 unspecified atom stereocenters. The van der Waals surface area contributed by atoms with E-state index in [4.69, 9.17) is 9.47 Å². The van der Waals surface area contributed by atoms with Gasteiger partial charge in [-0.15, -0.1) is 5.10 Å². The minimum atomic E-state index is -0.974. The zero-order valence-corrected chi connectivity index (χ0v) is 14.1. The summed E-state index contributed by atoms with van der Waals surface area (Å²) >= 11 is 0. The van der Waals surface area contributed by atoms with Crippen LogP contribution in [0.2, 0.25) is 0 Å². The Morgan fingerprint density at radius 2 is 2.08 bits per heavy atom. The van der Waals surface area contributed by atoms with Gasteiger partial charge in [0, 0.05) is 6.07 Å². The fraction of sp³-hybridized carbons (Fsp3) is 0.412. The highest BCUT2D eigenvalue weighted by Gasteiger charge is 2.42. The molecule has 0 bridgehead atoms. The molecule has 2 N–H and O–H groups in total. The molecule has 0 radical (unpaired) electrons. The first-order chi connectivity index (χ1) is 12.1. The van der Waals surface area contributed by atoms with Gasteiger partial charge in [-0.3, -0.25) is 15.2 Å². The molecule has 8 heteroatoms. The number of nitriles is 1. The molecule has 1 aliphatic carbocycles. The third kappa shape index (κ3) is 3.13. The van der Waals surface area contributed by atoms with Gasteiger partial charge in [0.25, 0.3) is 0 Å². The molecule has 0 saturated heterocycles. The van der Waals surface area contributed by atoms with E-state index in [2.05, 4.69) is 26.6 Å². The number of aromatic amines is 1. The van der Waals surface area contributed by atoms with E-state index in [9.17, 15) is 10.1 Å². The van der Waals surface area contributed by atoms with Crippen LogP contribution in [-0.2, 0) is 4.79 Å². The summed E-state index contributed by atoms with van der Waals surface area (Å²) in [6.07, 6.45) is 2.89. The van der Waals surface area contributed by atoms with Crippen LogP contribution >= 0.6 is 0 Å². The number of amides is 1. The van der Waals surface area contributed by atoms with Crippen molar-refractivity contribution in [2.24, 2.45) is 5.41 Å². The van der Waals surface area contributed by atoms with E-state index in [0.29, 0.717) is 35.7 Å². The third-order valence-electron chi connectivity index (χ3n) is 4.48. The van der Waals surface area contributed by atoms with Gasteiger partial charge in [-0.2, -0.15) is 10.2 Å². The summed E-state index contributed by atoms with van der Waals surface area (Å²) < 4.78 is 10.5. The first kappa shape index (κ1) is 16.8. The topological polar surface area (TPSA) is 113 Å². The lowest BCUT2D eigenvalue weighted by atomic mass is 9.87. The monoisotopic (exact) mass is 341 g/mol. The number of rotatable bonds is 5. The molecular formula is C17H19N5O3. The van der Waals surface area contributed by atoms with Gasteiger partial charge in [-0.05, 0) is 25.0 Å². The van der Waals surface area contributed by atoms with Gasteiger partial charge in [0.1, 0.15) is 16.9 Å². The van der Waals surface area contributed by atoms with Crippen LogP contribution in [0.25, 0.3) is 11.4 Å². The quantitative estimate of drug-likeness (QED) is 0.864. The van der Waals surface area contributed by atoms with Crippen molar-refractivity contribution in [2.45, 2.75) is 25.7 Å². The molecule has 3 rings (SSSR count). The Bertz CT molecular complexity index is 818. The molecule has 0 aliphatic heterocycles. The van der Waals surface area contributed by atoms with E-state index in [1.807, 2.05) is 0 Å². The predicted octanol–water partition coefficient (Wildman–Crippen LogP) is 2.51. The van der Waals surface area contributed by atoms with Gasteiger partial charge >= 0.3 is 0 Å². The number of ether oxygens (including phenoxy) is 2. The lowest BCUT2D eigenvalue weighted by Gasteiger charge is -2.17. The van der Waals surface area contributed by atoms with Crippen LogP contribution in [0.5, 0.6) is 11.5 Å². The van der Waals surface area contributed by atoms with Crippen LogP contribution in [-0.4, -0.2) is 35.3 Å². The second kappa shape index (κ2) is 6.81. The average Bonchev–Trinajstić information content (AvgIpc) is 3.31. The molecule has 1 fully saturated rings. The van der Waals surface area contributed by atoms with Gasteiger partial charge < -0.3 is 9.47 Å². The lowest BCUT2D eigenvalue weighted by Crippen LogP contribution is -2.32. The molecular weight excluding hydrogens is 322 g/mol. The molecule has 0 atom stereocenters. The van der Waals surface area contributed by atoms with Crippen LogP contribution in [0.1, 0.15) is 25.7 Å². The summed E-state index contributed by atoms with van der Waals surface area (Å²) in [7, 11) is 3.12. The number of nitrogens with one attached hydrogen (secondary N) is 2. The zero-order valence-electron chi connectivity index (χ0n) is 14.1. The molecule has 1 heterocycles. The maximum Gasteiger partial charge on any atom is 0.249 e.